The molecule has 0 saturated carbocycles. The fourth-order valence-corrected chi connectivity index (χ4v) is 5.24. The zero-order chi connectivity index (χ0) is 24.9. The van der Waals surface area contributed by atoms with E-state index < -0.39 is 34.5 Å². The Morgan fingerprint density at radius 2 is 1.47 bits per heavy atom. The Bertz CT molecular complexity index is 1240. The summed E-state index contributed by atoms with van der Waals surface area (Å²) in [6.45, 7) is 7.93. The Morgan fingerprint density at radius 3 is 1.94 bits per heavy atom. The van der Waals surface area contributed by atoms with Gasteiger partial charge in [-0.3, -0.25) is 5.41 Å². The highest BCUT2D eigenvalue weighted by Crippen LogP contribution is 2.69. The molecule has 0 radical (unpaired) electrons. The molecule has 0 amide bonds. The molecule has 2 aliphatic rings. The van der Waals surface area contributed by atoms with E-state index in [-0.39, 0.29) is 5.41 Å². The molecule has 0 aromatic heterocycles. The lowest BCUT2D eigenvalue weighted by molar-refractivity contribution is -0.253. The van der Waals surface area contributed by atoms with Crippen molar-refractivity contribution in [2.45, 2.75) is 50.9 Å². The van der Waals surface area contributed by atoms with Crippen LogP contribution in [-0.2, 0) is 14.9 Å². The van der Waals surface area contributed by atoms with Crippen molar-refractivity contribution in [1.82, 2.24) is 0 Å². The van der Waals surface area contributed by atoms with Crippen molar-refractivity contribution in [1.29, 1.82) is 21.2 Å². The largest absolute Gasteiger partial charge is 0.497 e. The molecular weight excluding hydrogens is 428 g/mol. The lowest BCUT2D eigenvalue weighted by Crippen LogP contribution is -2.57. The molecule has 4 rings (SSSR count). The molecule has 4 atom stereocenters. The first-order valence-electron chi connectivity index (χ1n) is 11.0. The van der Waals surface area contributed by atoms with Crippen molar-refractivity contribution >= 4 is 5.90 Å². The minimum atomic E-state index is -2.03. The molecule has 4 unspecified atom stereocenters. The van der Waals surface area contributed by atoms with E-state index in [2.05, 4.69) is 39.0 Å². The van der Waals surface area contributed by atoms with Crippen LogP contribution in [0.25, 0.3) is 0 Å². The van der Waals surface area contributed by atoms with Crippen LogP contribution in [0, 0.1) is 50.2 Å². The van der Waals surface area contributed by atoms with Crippen LogP contribution >= 0.6 is 0 Å². The number of methoxy groups -OCH3 is 1. The van der Waals surface area contributed by atoms with Gasteiger partial charge in [-0.15, -0.1) is 0 Å². The first-order valence-corrected chi connectivity index (χ1v) is 11.0. The fraction of sp³-hybridized carbons (Fsp3) is 0.407. The number of ether oxygens (including phenoxy) is 3. The molecule has 7 heteroatoms. The molecule has 2 saturated heterocycles. The van der Waals surface area contributed by atoms with Gasteiger partial charge in [0.2, 0.25) is 17.1 Å². The summed E-state index contributed by atoms with van der Waals surface area (Å²) in [7, 11) is 1.55. The number of nitriles is 3. The molecule has 7 nitrogen and oxygen atoms in total. The number of fused-ring (bicyclic) bond motifs is 2. The maximum atomic E-state index is 10.5. The highest BCUT2D eigenvalue weighted by atomic mass is 16.7. The number of hydrogen-bond acceptors (Lipinski definition) is 7. The molecule has 2 fully saturated rings. The summed E-state index contributed by atoms with van der Waals surface area (Å²) in [6.07, 6.45) is -1.10. The summed E-state index contributed by atoms with van der Waals surface area (Å²) in [4.78, 5) is 0. The van der Waals surface area contributed by atoms with Crippen molar-refractivity contribution in [2.75, 3.05) is 7.11 Å². The van der Waals surface area contributed by atoms with E-state index in [0.717, 1.165) is 5.56 Å². The monoisotopic (exact) mass is 454 g/mol. The van der Waals surface area contributed by atoms with Gasteiger partial charge >= 0.3 is 0 Å². The molecule has 2 aromatic carbocycles. The van der Waals surface area contributed by atoms with Gasteiger partial charge in [0.25, 0.3) is 0 Å². The Kier molecular flexibility index (Phi) is 5.20. The third-order valence-corrected chi connectivity index (χ3v) is 7.05. The number of rotatable bonds is 3. The van der Waals surface area contributed by atoms with Gasteiger partial charge in [0.1, 0.15) is 11.9 Å². The number of hydrogen-bond donors (Lipinski definition) is 1. The summed E-state index contributed by atoms with van der Waals surface area (Å²) < 4.78 is 17.5. The second-order valence-corrected chi connectivity index (χ2v) is 9.97. The zero-order valence-corrected chi connectivity index (χ0v) is 19.8. The summed E-state index contributed by atoms with van der Waals surface area (Å²) in [6, 6.07) is 20.8. The van der Waals surface area contributed by atoms with Gasteiger partial charge in [-0.1, -0.05) is 57.2 Å². The zero-order valence-electron chi connectivity index (χ0n) is 19.8. The molecule has 2 aliphatic heterocycles. The Hall–Kier alpha value is -3.86. The molecule has 2 aromatic rings. The van der Waals surface area contributed by atoms with Gasteiger partial charge in [0.05, 0.1) is 31.2 Å². The number of nitrogens with one attached hydrogen (secondary N) is 1. The predicted octanol–water partition coefficient (Wildman–Crippen LogP) is 5.12. The first-order chi connectivity index (χ1) is 16.0. The van der Waals surface area contributed by atoms with Gasteiger partial charge in [-0.25, -0.2) is 0 Å². The van der Waals surface area contributed by atoms with Crippen molar-refractivity contribution in [3.63, 3.8) is 0 Å². The van der Waals surface area contributed by atoms with E-state index in [0.29, 0.717) is 16.9 Å². The fourth-order valence-electron chi connectivity index (χ4n) is 5.24. The lowest BCUT2D eigenvalue weighted by atomic mass is 9.52. The summed E-state index contributed by atoms with van der Waals surface area (Å²) in [5.41, 5.74) is -1.72. The highest BCUT2D eigenvalue weighted by molar-refractivity contribution is 5.90. The van der Waals surface area contributed by atoms with Crippen LogP contribution in [-0.4, -0.2) is 18.8 Å². The Balaban J connectivity index is 1.94. The highest BCUT2D eigenvalue weighted by Gasteiger charge is 2.79. The molecule has 2 heterocycles. The van der Waals surface area contributed by atoms with Gasteiger partial charge in [0.15, 0.2) is 5.41 Å². The molecule has 0 spiro atoms. The summed E-state index contributed by atoms with van der Waals surface area (Å²) >= 11 is 0. The second kappa shape index (κ2) is 7.59. The third-order valence-electron chi connectivity index (χ3n) is 7.05. The summed E-state index contributed by atoms with van der Waals surface area (Å²) in [5.74, 6) is -2.14. The topological polar surface area (TPSA) is 123 Å². The molecule has 172 valence electrons. The molecule has 2 bridgehead atoms. The molecule has 34 heavy (non-hydrogen) atoms. The van der Waals surface area contributed by atoms with Crippen LogP contribution in [0.5, 0.6) is 5.75 Å². The molecular formula is C27H26N4O3. The average molecular weight is 455 g/mol. The van der Waals surface area contributed by atoms with E-state index in [1.165, 1.54) is 0 Å². The van der Waals surface area contributed by atoms with Crippen LogP contribution < -0.4 is 4.74 Å². The van der Waals surface area contributed by atoms with Crippen molar-refractivity contribution in [2.24, 2.45) is 10.8 Å². The van der Waals surface area contributed by atoms with Crippen molar-refractivity contribution < 1.29 is 14.2 Å². The van der Waals surface area contributed by atoms with Crippen molar-refractivity contribution in [3.8, 4) is 24.0 Å². The van der Waals surface area contributed by atoms with Gasteiger partial charge in [0, 0.05) is 6.92 Å². The van der Waals surface area contributed by atoms with Gasteiger partial charge in [-0.2, -0.15) is 15.8 Å². The van der Waals surface area contributed by atoms with Crippen LogP contribution in [0.1, 0.15) is 56.4 Å². The SMILES string of the molecule is COc1ccc(C2C3(C)OC(=N)C2(C#N)C(C#N)(C#N)C(c2ccc(C(C)(C)C)cc2)O3)cc1. The van der Waals surface area contributed by atoms with Crippen LogP contribution in [0.2, 0.25) is 0 Å². The molecule has 1 N–H and O–H groups in total. The van der Waals surface area contributed by atoms with Crippen LogP contribution in [0.4, 0.5) is 0 Å². The maximum Gasteiger partial charge on any atom is 0.218 e. The van der Waals surface area contributed by atoms with E-state index in [1.54, 1.807) is 38.3 Å². The van der Waals surface area contributed by atoms with Crippen LogP contribution in [0.15, 0.2) is 48.5 Å². The normalized spacial score (nSPS) is 29.3. The van der Waals surface area contributed by atoms with E-state index in [9.17, 15) is 15.8 Å². The van der Waals surface area contributed by atoms with Gasteiger partial charge in [-0.05, 0) is 34.2 Å². The third kappa shape index (κ3) is 2.93. The Labute approximate surface area is 199 Å². The second-order valence-electron chi connectivity index (χ2n) is 9.97. The van der Waals surface area contributed by atoms with Crippen molar-refractivity contribution in [3.05, 3.63) is 65.2 Å². The lowest BCUT2D eigenvalue weighted by Gasteiger charge is -2.49. The Morgan fingerprint density at radius 1 is 0.912 bits per heavy atom. The smallest absolute Gasteiger partial charge is 0.218 e. The first kappa shape index (κ1) is 23.3. The van der Waals surface area contributed by atoms with Crippen LogP contribution in [0.3, 0.4) is 0 Å². The average Bonchev–Trinajstić information content (AvgIpc) is 3.01. The minimum absolute atomic E-state index is 0.0862. The summed E-state index contributed by atoms with van der Waals surface area (Å²) in [5, 5.41) is 40.1. The standard InChI is InChI=1S/C27H26N4O3/c1-24(2,3)19-10-6-18(7-11-19)22-26(14-28,15-29)27(16-30)21(25(4,33-22)34-23(27)31)17-8-12-20(32-5)13-9-17/h6-13,21-22,31H,1-5H3. The molecule has 0 aliphatic carbocycles. The predicted molar refractivity (Wildman–Crippen MR) is 124 cm³/mol. The van der Waals surface area contributed by atoms with E-state index in [1.807, 2.05) is 24.3 Å². The maximum absolute atomic E-state index is 10.5. The number of benzene rings is 2. The minimum Gasteiger partial charge on any atom is -0.497 e. The quantitative estimate of drug-likeness (QED) is 0.687. The van der Waals surface area contributed by atoms with E-state index in [4.69, 9.17) is 19.6 Å². The van der Waals surface area contributed by atoms with E-state index >= 15 is 0 Å². The van der Waals surface area contributed by atoms with Gasteiger partial charge < -0.3 is 14.2 Å². The number of nitrogens with zero attached hydrogens (tertiary/aromatic N) is 3.